The number of nitrogens with zero attached hydrogens (tertiary/aromatic N) is 4. The van der Waals surface area contributed by atoms with Gasteiger partial charge in [-0.1, -0.05) is 6.07 Å². The minimum atomic E-state index is -0.534. The third kappa shape index (κ3) is 5.25. The predicted molar refractivity (Wildman–Crippen MR) is 79.4 cm³/mol. The quantitative estimate of drug-likeness (QED) is 0.540. The van der Waals surface area contributed by atoms with Crippen LogP contribution in [0.1, 0.15) is 28.4 Å². The van der Waals surface area contributed by atoms with Crippen LogP contribution in [0.3, 0.4) is 0 Å². The number of aromatic nitrogens is 4. The summed E-state index contributed by atoms with van der Waals surface area (Å²) in [6.45, 7) is 3.14. The molecule has 22 heavy (non-hydrogen) atoms. The molecule has 0 aliphatic rings. The summed E-state index contributed by atoms with van der Waals surface area (Å²) >= 11 is 0. The van der Waals surface area contributed by atoms with Crippen LogP contribution in [-0.4, -0.2) is 45.5 Å². The maximum absolute atomic E-state index is 11.5. The Morgan fingerprint density at radius 2 is 2.14 bits per heavy atom. The molecule has 0 amide bonds. The van der Waals surface area contributed by atoms with Crippen molar-refractivity contribution in [2.24, 2.45) is 7.05 Å². The fraction of sp³-hybridized carbons (Fsp3) is 0.467. The molecule has 0 fully saturated rings. The van der Waals surface area contributed by atoms with E-state index in [-0.39, 0.29) is 12.4 Å². The summed E-state index contributed by atoms with van der Waals surface area (Å²) in [4.78, 5) is 19.8. The first-order valence-electron chi connectivity index (χ1n) is 7.18. The lowest BCUT2D eigenvalue weighted by Crippen LogP contribution is -2.13. The van der Waals surface area contributed by atoms with E-state index in [1.807, 2.05) is 25.1 Å². The van der Waals surface area contributed by atoms with Crippen molar-refractivity contribution < 1.29 is 14.3 Å². The molecule has 0 aliphatic heterocycles. The summed E-state index contributed by atoms with van der Waals surface area (Å²) in [5, 5.41) is 3.86. The Hall–Kier alpha value is -2.28. The van der Waals surface area contributed by atoms with E-state index in [0.29, 0.717) is 13.2 Å². The van der Waals surface area contributed by atoms with Crippen molar-refractivity contribution in [3.63, 3.8) is 0 Å². The van der Waals surface area contributed by atoms with Crippen molar-refractivity contribution in [1.82, 2.24) is 19.7 Å². The zero-order valence-corrected chi connectivity index (χ0v) is 12.9. The minimum absolute atomic E-state index is 0.0630. The van der Waals surface area contributed by atoms with Gasteiger partial charge in [-0.15, -0.1) is 5.10 Å². The molecule has 0 aromatic carbocycles. The highest BCUT2D eigenvalue weighted by Gasteiger charge is 2.11. The van der Waals surface area contributed by atoms with Gasteiger partial charge in [0.15, 0.2) is 0 Å². The van der Waals surface area contributed by atoms with E-state index in [9.17, 15) is 4.79 Å². The molecule has 0 radical (unpaired) electrons. The Morgan fingerprint density at radius 3 is 2.86 bits per heavy atom. The number of carbonyl (C=O) groups excluding carboxylic acids is 1. The molecular formula is C15H20N4O3. The minimum Gasteiger partial charge on any atom is -0.457 e. The van der Waals surface area contributed by atoms with Gasteiger partial charge in [0.05, 0.1) is 6.61 Å². The molecule has 2 rings (SSSR count). The van der Waals surface area contributed by atoms with E-state index in [1.165, 1.54) is 11.0 Å². The van der Waals surface area contributed by atoms with Crippen molar-refractivity contribution in [2.75, 3.05) is 19.8 Å². The van der Waals surface area contributed by atoms with Crippen LogP contribution >= 0.6 is 0 Å². The van der Waals surface area contributed by atoms with E-state index in [4.69, 9.17) is 9.47 Å². The largest absolute Gasteiger partial charge is 0.457 e. The third-order valence-corrected chi connectivity index (χ3v) is 2.91. The SMILES string of the molecule is Cc1cccc(CCCOCCOC(=O)c2ncn(C)n2)n1. The van der Waals surface area contributed by atoms with Gasteiger partial charge in [-0.3, -0.25) is 9.67 Å². The van der Waals surface area contributed by atoms with Gasteiger partial charge < -0.3 is 9.47 Å². The van der Waals surface area contributed by atoms with Crippen molar-refractivity contribution in [3.8, 4) is 0 Å². The van der Waals surface area contributed by atoms with Gasteiger partial charge in [-0.25, -0.2) is 9.78 Å². The molecule has 2 aromatic heterocycles. The number of pyridine rings is 1. The first-order chi connectivity index (χ1) is 10.6. The average Bonchev–Trinajstić information content (AvgIpc) is 2.93. The van der Waals surface area contributed by atoms with E-state index in [1.54, 1.807) is 7.05 Å². The molecule has 0 atom stereocenters. The van der Waals surface area contributed by atoms with Crippen molar-refractivity contribution in [3.05, 3.63) is 41.7 Å². The standard InChI is InChI=1S/C15H20N4O3/c1-12-5-3-6-13(17-12)7-4-8-21-9-10-22-15(20)14-16-11-19(2)18-14/h3,5-6,11H,4,7-10H2,1-2H3. The molecule has 0 saturated carbocycles. The zero-order chi connectivity index (χ0) is 15.8. The fourth-order valence-corrected chi connectivity index (χ4v) is 1.89. The summed E-state index contributed by atoms with van der Waals surface area (Å²) in [6, 6.07) is 5.99. The van der Waals surface area contributed by atoms with E-state index in [0.717, 1.165) is 24.2 Å². The Balaban J connectivity index is 1.53. The lowest BCUT2D eigenvalue weighted by atomic mass is 10.2. The van der Waals surface area contributed by atoms with Crippen LogP contribution in [0.25, 0.3) is 0 Å². The van der Waals surface area contributed by atoms with Gasteiger partial charge >= 0.3 is 5.97 Å². The molecule has 0 spiro atoms. The second-order valence-electron chi connectivity index (χ2n) is 4.86. The number of aryl methyl sites for hydroxylation is 3. The maximum atomic E-state index is 11.5. The highest BCUT2D eigenvalue weighted by Crippen LogP contribution is 2.01. The lowest BCUT2D eigenvalue weighted by Gasteiger charge is -2.05. The second kappa shape index (κ2) is 8.23. The van der Waals surface area contributed by atoms with Gasteiger partial charge in [0.2, 0.25) is 0 Å². The van der Waals surface area contributed by atoms with Gasteiger partial charge in [-0.2, -0.15) is 0 Å². The molecule has 0 saturated heterocycles. The molecule has 0 N–H and O–H groups in total. The zero-order valence-electron chi connectivity index (χ0n) is 12.9. The Kier molecular flexibility index (Phi) is 6.02. The van der Waals surface area contributed by atoms with Crippen LogP contribution in [0.4, 0.5) is 0 Å². The number of hydrogen-bond donors (Lipinski definition) is 0. The number of esters is 1. The summed E-state index contributed by atoms with van der Waals surface area (Å²) in [6.07, 6.45) is 3.21. The summed E-state index contributed by atoms with van der Waals surface area (Å²) in [7, 11) is 1.69. The highest BCUT2D eigenvalue weighted by molar-refractivity contribution is 5.84. The summed E-state index contributed by atoms with van der Waals surface area (Å²) in [5.41, 5.74) is 2.09. The van der Waals surface area contributed by atoms with Gasteiger partial charge in [0.1, 0.15) is 12.9 Å². The molecule has 0 unspecified atom stereocenters. The number of carbonyl (C=O) groups is 1. The molecule has 0 aliphatic carbocycles. The molecule has 7 heteroatoms. The Labute approximate surface area is 129 Å². The topological polar surface area (TPSA) is 79.1 Å². The van der Waals surface area contributed by atoms with Crippen LogP contribution in [0, 0.1) is 6.92 Å². The maximum Gasteiger partial charge on any atom is 0.378 e. The first kappa shape index (κ1) is 16.1. The van der Waals surface area contributed by atoms with Crippen LogP contribution < -0.4 is 0 Å². The van der Waals surface area contributed by atoms with Crippen molar-refractivity contribution in [2.45, 2.75) is 19.8 Å². The third-order valence-electron chi connectivity index (χ3n) is 2.91. The predicted octanol–water partition coefficient (Wildman–Crippen LogP) is 1.32. The molecule has 7 nitrogen and oxygen atoms in total. The summed E-state index contributed by atoms with van der Waals surface area (Å²) in [5.74, 6) is -0.471. The smallest absolute Gasteiger partial charge is 0.378 e. The average molecular weight is 304 g/mol. The fourth-order valence-electron chi connectivity index (χ4n) is 1.89. The normalized spacial score (nSPS) is 10.6. The van der Waals surface area contributed by atoms with E-state index < -0.39 is 5.97 Å². The van der Waals surface area contributed by atoms with Crippen LogP contribution in [0.5, 0.6) is 0 Å². The first-order valence-corrected chi connectivity index (χ1v) is 7.18. The lowest BCUT2D eigenvalue weighted by molar-refractivity contribution is 0.0302. The highest BCUT2D eigenvalue weighted by atomic mass is 16.6. The number of ether oxygens (including phenoxy) is 2. The molecular weight excluding hydrogens is 284 g/mol. The van der Waals surface area contributed by atoms with Gasteiger partial charge in [0, 0.05) is 25.0 Å². The van der Waals surface area contributed by atoms with Crippen molar-refractivity contribution >= 4 is 5.97 Å². The van der Waals surface area contributed by atoms with E-state index in [2.05, 4.69) is 15.1 Å². The van der Waals surface area contributed by atoms with Crippen molar-refractivity contribution in [1.29, 1.82) is 0 Å². The van der Waals surface area contributed by atoms with E-state index >= 15 is 0 Å². The number of hydrogen-bond acceptors (Lipinski definition) is 6. The summed E-state index contributed by atoms with van der Waals surface area (Å²) < 4.78 is 11.9. The van der Waals surface area contributed by atoms with Crippen LogP contribution in [0.2, 0.25) is 0 Å². The Morgan fingerprint density at radius 1 is 1.27 bits per heavy atom. The van der Waals surface area contributed by atoms with Crippen LogP contribution in [0.15, 0.2) is 24.5 Å². The number of rotatable bonds is 8. The molecule has 2 aromatic rings. The van der Waals surface area contributed by atoms with Gasteiger partial charge in [0.25, 0.3) is 5.82 Å². The molecule has 0 bridgehead atoms. The second-order valence-corrected chi connectivity index (χ2v) is 4.86. The molecule has 118 valence electrons. The Bertz CT molecular complexity index is 612. The monoisotopic (exact) mass is 304 g/mol. The molecule has 2 heterocycles. The van der Waals surface area contributed by atoms with Crippen LogP contribution in [-0.2, 0) is 22.9 Å². The van der Waals surface area contributed by atoms with Gasteiger partial charge in [-0.05, 0) is 31.9 Å².